The van der Waals surface area contributed by atoms with E-state index in [1.54, 1.807) is 13.0 Å². The lowest BCUT2D eigenvalue weighted by molar-refractivity contribution is 0.0924. The molecular formula is C13H18BrN3O2. The molecule has 1 aromatic carbocycles. The van der Waals surface area contributed by atoms with Crippen LogP contribution in [0.25, 0.3) is 0 Å². The van der Waals surface area contributed by atoms with Gasteiger partial charge in [-0.1, -0.05) is 18.1 Å². The predicted molar refractivity (Wildman–Crippen MR) is 78.5 cm³/mol. The molecule has 0 saturated heterocycles. The number of nitrogens with two attached hydrogens (primary N) is 1. The number of rotatable bonds is 4. The maximum Gasteiger partial charge on any atom is 0.253 e. The summed E-state index contributed by atoms with van der Waals surface area (Å²) in [4.78, 5) is 12.2. The number of nitrogens with zero attached hydrogens (tertiary/aromatic N) is 1. The van der Waals surface area contributed by atoms with Crippen molar-refractivity contribution in [1.82, 2.24) is 5.32 Å². The second-order valence-corrected chi connectivity index (χ2v) is 5.46. The number of nitrogens with one attached hydrogen (secondary N) is 1. The third kappa shape index (κ3) is 3.47. The van der Waals surface area contributed by atoms with Crippen LogP contribution in [-0.2, 0) is 0 Å². The van der Waals surface area contributed by atoms with Gasteiger partial charge in [0.15, 0.2) is 5.84 Å². The molecule has 1 aromatic rings. The number of hydrogen-bond donors (Lipinski definition) is 3. The topological polar surface area (TPSA) is 87.7 Å². The SMILES string of the molecule is CCC(C)(NC(=O)c1ccc(C)cc1Br)/C(N)=N/O. The first kappa shape index (κ1) is 15.5. The highest BCUT2D eigenvalue weighted by molar-refractivity contribution is 9.10. The summed E-state index contributed by atoms with van der Waals surface area (Å²) in [6.07, 6.45) is 0.512. The van der Waals surface area contributed by atoms with Crippen LogP contribution in [0.2, 0.25) is 0 Å². The molecule has 1 rings (SSSR count). The number of benzene rings is 1. The predicted octanol–water partition coefficient (Wildman–Crippen LogP) is 2.40. The molecule has 1 atom stereocenters. The smallest absolute Gasteiger partial charge is 0.253 e. The zero-order valence-electron chi connectivity index (χ0n) is 11.2. The van der Waals surface area contributed by atoms with E-state index in [-0.39, 0.29) is 11.7 Å². The van der Waals surface area contributed by atoms with E-state index in [0.29, 0.717) is 16.5 Å². The van der Waals surface area contributed by atoms with E-state index in [1.807, 2.05) is 26.0 Å². The third-order valence-corrected chi connectivity index (χ3v) is 3.79. The number of amides is 1. The van der Waals surface area contributed by atoms with Gasteiger partial charge in [-0.2, -0.15) is 0 Å². The highest BCUT2D eigenvalue weighted by Crippen LogP contribution is 2.20. The fourth-order valence-electron chi connectivity index (χ4n) is 1.57. The molecule has 19 heavy (non-hydrogen) atoms. The molecule has 0 saturated carbocycles. The molecule has 1 unspecified atom stereocenters. The average molecular weight is 328 g/mol. The Balaban J connectivity index is 3.02. The lowest BCUT2D eigenvalue weighted by atomic mass is 9.96. The second kappa shape index (κ2) is 6.06. The lowest BCUT2D eigenvalue weighted by Gasteiger charge is -2.28. The van der Waals surface area contributed by atoms with Crippen LogP contribution in [0.3, 0.4) is 0 Å². The average Bonchev–Trinajstić information content (AvgIpc) is 2.37. The van der Waals surface area contributed by atoms with Crippen molar-refractivity contribution < 1.29 is 10.0 Å². The van der Waals surface area contributed by atoms with E-state index in [1.165, 1.54) is 0 Å². The van der Waals surface area contributed by atoms with Gasteiger partial charge in [0.25, 0.3) is 5.91 Å². The summed E-state index contributed by atoms with van der Waals surface area (Å²) in [5.41, 5.74) is 6.31. The van der Waals surface area contributed by atoms with Gasteiger partial charge in [0.1, 0.15) is 0 Å². The molecule has 0 aliphatic carbocycles. The summed E-state index contributed by atoms with van der Waals surface area (Å²) in [6, 6.07) is 5.45. The number of halogens is 1. The Morgan fingerprint density at radius 3 is 2.68 bits per heavy atom. The molecule has 4 N–H and O–H groups in total. The summed E-state index contributed by atoms with van der Waals surface area (Å²) in [5, 5.41) is 14.5. The largest absolute Gasteiger partial charge is 0.409 e. The van der Waals surface area contributed by atoms with Gasteiger partial charge in [-0.05, 0) is 53.9 Å². The molecule has 6 heteroatoms. The first-order chi connectivity index (χ1) is 8.84. The number of aryl methyl sites for hydroxylation is 1. The van der Waals surface area contributed by atoms with Crippen LogP contribution in [0.5, 0.6) is 0 Å². The standard InChI is InChI=1S/C13H18BrN3O2/c1-4-13(3,12(15)17-19)16-11(18)9-6-5-8(2)7-10(9)14/h5-7,19H,4H2,1-3H3,(H2,15,17)(H,16,18). The summed E-state index contributed by atoms with van der Waals surface area (Å²) >= 11 is 3.36. The van der Waals surface area contributed by atoms with E-state index in [0.717, 1.165) is 5.56 Å². The molecule has 104 valence electrons. The summed E-state index contributed by atoms with van der Waals surface area (Å²) in [5.74, 6) is -0.297. The molecule has 0 aliphatic rings. The minimum absolute atomic E-state index is 0.0217. The summed E-state index contributed by atoms with van der Waals surface area (Å²) in [6.45, 7) is 5.50. The summed E-state index contributed by atoms with van der Waals surface area (Å²) in [7, 11) is 0. The van der Waals surface area contributed by atoms with Crippen molar-refractivity contribution in [2.45, 2.75) is 32.7 Å². The van der Waals surface area contributed by atoms with Crippen LogP contribution < -0.4 is 11.1 Å². The van der Waals surface area contributed by atoms with Gasteiger partial charge in [0.2, 0.25) is 0 Å². The molecule has 0 heterocycles. The van der Waals surface area contributed by atoms with Gasteiger partial charge < -0.3 is 16.3 Å². The van der Waals surface area contributed by atoms with Gasteiger partial charge in [0, 0.05) is 4.47 Å². The van der Waals surface area contributed by atoms with Gasteiger partial charge in [-0.15, -0.1) is 0 Å². The Morgan fingerprint density at radius 1 is 1.58 bits per heavy atom. The highest BCUT2D eigenvalue weighted by atomic mass is 79.9. The molecule has 0 aromatic heterocycles. The third-order valence-electron chi connectivity index (χ3n) is 3.14. The van der Waals surface area contributed by atoms with Gasteiger partial charge in [-0.3, -0.25) is 4.79 Å². The van der Waals surface area contributed by atoms with Crippen LogP contribution in [0.4, 0.5) is 0 Å². The first-order valence-electron chi connectivity index (χ1n) is 5.90. The Bertz CT molecular complexity index is 517. The van der Waals surface area contributed by atoms with Gasteiger partial charge in [0.05, 0.1) is 11.1 Å². The van der Waals surface area contributed by atoms with Crippen molar-refractivity contribution in [3.63, 3.8) is 0 Å². The van der Waals surface area contributed by atoms with Gasteiger partial charge >= 0.3 is 0 Å². The normalized spacial score (nSPS) is 14.8. The molecular weight excluding hydrogens is 310 g/mol. The van der Waals surface area contributed by atoms with Crippen molar-refractivity contribution in [3.05, 3.63) is 33.8 Å². The lowest BCUT2D eigenvalue weighted by Crippen LogP contribution is -2.55. The molecule has 0 aliphatic heterocycles. The maximum absolute atomic E-state index is 12.2. The summed E-state index contributed by atoms with van der Waals surface area (Å²) < 4.78 is 0.711. The number of carbonyl (C=O) groups excluding carboxylic acids is 1. The molecule has 0 bridgehead atoms. The highest BCUT2D eigenvalue weighted by Gasteiger charge is 2.30. The minimum Gasteiger partial charge on any atom is -0.409 e. The van der Waals surface area contributed by atoms with Gasteiger partial charge in [-0.25, -0.2) is 0 Å². The quantitative estimate of drug-likeness (QED) is 0.343. The van der Waals surface area contributed by atoms with Crippen molar-refractivity contribution in [2.75, 3.05) is 0 Å². The molecule has 5 nitrogen and oxygen atoms in total. The number of carbonyl (C=O) groups is 1. The Hall–Kier alpha value is -1.56. The zero-order chi connectivity index (χ0) is 14.6. The number of hydrogen-bond acceptors (Lipinski definition) is 3. The minimum atomic E-state index is -0.879. The van der Waals surface area contributed by atoms with Crippen molar-refractivity contribution in [3.8, 4) is 0 Å². The van der Waals surface area contributed by atoms with Crippen LogP contribution in [0.15, 0.2) is 27.8 Å². The number of oxime groups is 1. The zero-order valence-corrected chi connectivity index (χ0v) is 12.8. The maximum atomic E-state index is 12.2. The van der Waals surface area contributed by atoms with Crippen LogP contribution >= 0.6 is 15.9 Å². The van der Waals surface area contributed by atoms with E-state index in [4.69, 9.17) is 10.9 Å². The Kier molecular flexibility index (Phi) is 4.94. The van der Waals surface area contributed by atoms with E-state index in [2.05, 4.69) is 26.4 Å². The Labute approximate surface area is 121 Å². The van der Waals surface area contributed by atoms with E-state index >= 15 is 0 Å². The monoisotopic (exact) mass is 327 g/mol. The molecule has 0 radical (unpaired) electrons. The second-order valence-electron chi connectivity index (χ2n) is 4.61. The van der Waals surface area contributed by atoms with E-state index in [9.17, 15) is 4.79 Å². The van der Waals surface area contributed by atoms with Crippen molar-refractivity contribution in [1.29, 1.82) is 0 Å². The number of amidine groups is 1. The van der Waals surface area contributed by atoms with Crippen LogP contribution in [-0.4, -0.2) is 22.5 Å². The fraction of sp³-hybridized carbons (Fsp3) is 0.385. The molecule has 0 fully saturated rings. The van der Waals surface area contributed by atoms with E-state index < -0.39 is 5.54 Å². The van der Waals surface area contributed by atoms with Crippen LogP contribution in [0, 0.1) is 6.92 Å². The first-order valence-corrected chi connectivity index (χ1v) is 6.70. The molecule has 1 amide bonds. The molecule has 0 spiro atoms. The van der Waals surface area contributed by atoms with Crippen molar-refractivity contribution in [2.24, 2.45) is 10.9 Å². The fourth-order valence-corrected chi connectivity index (χ4v) is 2.24. The van der Waals surface area contributed by atoms with Crippen molar-refractivity contribution >= 4 is 27.7 Å². The Morgan fingerprint density at radius 2 is 2.21 bits per heavy atom. The van der Waals surface area contributed by atoms with Crippen LogP contribution in [0.1, 0.15) is 36.2 Å².